The van der Waals surface area contributed by atoms with Gasteiger partial charge in [-0.25, -0.2) is 4.98 Å². The maximum atomic E-state index is 13.3. The van der Waals surface area contributed by atoms with Crippen LogP contribution in [0, 0.1) is 0 Å². The van der Waals surface area contributed by atoms with E-state index >= 15 is 0 Å². The predicted molar refractivity (Wildman–Crippen MR) is 118 cm³/mol. The molecule has 2 bridgehead atoms. The van der Waals surface area contributed by atoms with Crippen molar-refractivity contribution in [1.82, 2.24) is 14.8 Å². The Bertz CT molecular complexity index is 814. The molecule has 4 rings (SSSR count). The number of ether oxygens (including phenoxy) is 2. The van der Waals surface area contributed by atoms with Gasteiger partial charge in [-0.3, -0.25) is 9.69 Å². The van der Waals surface area contributed by atoms with Gasteiger partial charge in [0.15, 0.2) is 0 Å². The highest BCUT2D eigenvalue weighted by Gasteiger charge is 2.34. The third kappa shape index (κ3) is 5.20. The largest absolute Gasteiger partial charge is 0.492 e. The number of hydrogen-bond acceptors (Lipinski definition) is 6. The van der Waals surface area contributed by atoms with Gasteiger partial charge in [0, 0.05) is 37.3 Å². The Morgan fingerprint density at radius 3 is 2.97 bits per heavy atom. The van der Waals surface area contributed by atoms with Gasteiger partial charge in [-0.15, -0.1) is 11.3 Å². The summed E-state index contributed by atoms with van der Waals surface area (Å²) in [6.45, 7) is 4.09. The van der Waals surface area contributed by atoms with E-state index in [0.29, 0.717) is 12.2 Å². The van der Waals surface area contributed by atoms with E-state index in [1.807, 2.05) is 40.7 Å². The van der Waals surface area contributed by atoms with E-state index in [2.05, 4.69) is 9.88 Å². The van der Waals surface area contributed by atoms with E-state index < -0.39 is 0 Å². The molecule has 7 heteroatoms. The molecule has 0 radical (unpaired) electrons. The molecule has 1 saturated heterocycles. The van der Waals surface area contributed by atoms with Gasteiger partial charge in [0.2, 0.25) is 0 Å². The van der Waals surface area contributed by atoms with Crippen molar-refractivity contribution in [2.75, 3.05) is 33.4 Å². The molecule has 3 heterocycles. The van der Waals surface area contributed by atoms with Gasteiger partial charge in [0.1, 0.15) is 17.4 Å². The van der Waals surface area contributed by atoms with Crippen molar-refractivity contribution in [3.05, 3.63) is 46.4 Å². The maximum absolute atomic E-state index is 13.3. The zero-order chi connectivity index (χ0) is 20.8. The number of thiazole rings is 1. The van der Waals surface area contributed by atoms with E-state index in [1.54, 1.807) is 18.4 Å². The van der Waals surface area contributed by atoms with Gasteiger partial charge >= 0.3 is 0 Å². The monoisotopic (exact) mass is 429 g/mol. The molecular formula is C23H31N3O3S. The summed E-state index contributed by atoms with van der Waals surface area (Å²) < 4.78 is 11.8. The van der Waals surface area contributed by atoms with Crippen LogP contribution in [0.25, 0.3) is 0 Å². The highest BCUT2D eigenvalue weighted by Crippen LogP contribution is 2.27. The molecule has 30 heavy (non-hydrogen) atoms. The smallest absolute Gasteiger partial charge is 0.254 e. The standard InChI is InChI=1S/C23H31N3O3S/c1-28-21-9-5-12-26-20(21)8-2-3-11-25(17-22-24-10-15-30-22)13-14-29-19-7-4-6-18(16-19)23(26)27/h4,6-7,10,15-16,20-21H,2-3,5,8-9,11-14,17H2,1H3/t20-,21-/m1/s1. The number of amides is 1. The van der Waals surface area contributed by atoms with Crippen LogP contribution in [0.15, 0.2) is 35.8 Å². The molecule has 0 unspecified atom stereocenters. The van der Waals surface area contributed by atoms with Crippen molar-refractivity contribution in [3.63, 3.8) is 0 Å². The Kier molecular flexibility index (Phi) is 7.36. The molecule has 6 nitrogen and oxygen atoms in total. The molecule has 1 fully saturated rings. The molecule has 0 N–H and O–H groups in total. The first-order valence-electron chi connectivity index (χ1n) is 10.9. The quantitative estimate of drug-likeness (QED) is 0.742. The molecule has 0 spiro atoms. The van der Waals surface area contributed by atoms with E-state index in [4.69, 9.17) is 9.47 Å². The summed E-state index contributed by atoms with van der Waals surface area (Å²) >= 11 is 1.70. The number of methoxy groups -OCH3 is 1. The van der Waals surface area contributed by atoms with Crippen molar-refractivity contribution in [3.8, 4) is 5.75 Å². The zero-order valence-corrected chi connectivity index (χ0v) is 18.5. The number of carbonyl (C=O) groups is 1. The fourth-order valence-corrected chi connectivity index (χ4v) is 5.21. The lowest BCUT2D eigenvalue weighted by atomic mass is 9.93. The lowest BCUT2D eigenvalue weighted by Gasteiger charge is -2.41. The lowest BCUT2D eigenvalue weighted by molar-refractivity contribution is -0.0156. The summed E-state index contributed by atoms with van der Waals surface area (Å²) in [7, 11) is 1.77. The number of piperidine rings is 1. The minimum Gasteiger partial charge on any atom is -0.492 e. The van der Waals surface area contributed by atoms with Crippen LogP contribution >= 0.6 is 11.3 Å². The topological polar surface area (TPSA) is 54.9 Å². The molecule has 162 valence electrons. The second-order valence-electron chi connectivity index (χ2n) is 8.06. The second kappa shape index (κ2) is 10.4. The van der Waals surface area contributed by atoms with E-state index in [9.17, 15) is 4.79 Å². The van der Waals surface area contributed by atoms with Crippen molar-refractivity contribution >= 4 is 17.2 Å². The Labute approximate surface area is 182 Å². The number of benzene rings is 1. The number of aromatic nitrogens is 1. The number of carbonyl (C=O) groups excluding carboxylic acids is 1. The van der Waals surface area contributed by atoms with Crippen molar-refractivity contribution in [2.24, 2.45) is 0 Å². The minimum absolute atomic E-state index is 0.0923. The van der Waals surface area contributed by atoms with E-state index in [1.165, 1.54) is 0 Å². The molecule has 2 atom stereocenters. The Hall–Kier alpha value is -1.96. The minimum atomic E-state index is 0.0923. The highest BCUT2D eigenvalue weighted by molar-refractivity contribution is 7.09. The predicted octanol–water partition coefficient (Wildman–Crippen LogP) is 3.83. The lowest BCUT2D eigenvalue weighted by Crippen LogP contribution is -2.51. The molecule has 0 saturated carbocycles. The van der Waals surface area contributed by atoms with Crippen LogP contribution in [0.5, 0.6) is 5.75 Å². The van der Waals surface area contributed by atoms with Crippen LogP contribution in [-0.2, 0) is 11.3 Å². The molecular weight excluding hydrogens is 398 g/mol. The summed E-state index contributed by atoms with van der Waals surface area (Å²) in [5, 5.41) is 3.17. The van der Waals surface area contributed by atoms with Crippen LogP contribution in [-0.4, -0.2) is 66.2 Å². The fourth-order valence-electron chi connectivity index (χ4n) is 4.55. The normalized spacial score (nSPS) is 24.0. The SMILES string of the molecule is CO[C@@H]1CCCN2C(=O)c3cccc(c3)OCCN(Cc3nccs3)CCCC[C@H]12. The molecule has 1 aromatic heterocycles. The zero-order valence-electron chi connectivity index (χ0n) is 17.7. The van der Waals surface area contributed by atoms with Crippen LogP contribution in [0.3, 0.4) is 0 Å². The summed E-state index contributed by atoms with van der Waals surface area (Å²) in [6, 6.07) is 7.75. The molecule has 1 aromatic carbocycles. The second-order valence-corrected chi connectivity index (χ2v) is 9.04. The van der Waals surface area contributed by atoms with E-state index in [-0.39, 0.29) is 18.1 Å². The number of nitrogens with zero attached hydrogens (tertiary/aromatic N) is 3. The molecule has 0 aliphatic carbocycles. The fraction of sp³-hybridized carbons (Fsp3) is 0.565. The maximum Gasteiger partial charge on any atom is 0.254 e. The summed E-state index contributed by atoms with van der Waals surface area (Å²) in [6.07, 6.45) is 7.12. The first-order chi connectivity index (χ1) is 14.7. The average molecular weight is 430 g/mol. The highest BCUT2D eigenvalue weighted by atomic mass is 32.1. The number of fused-ring (bicyclic) bond motifs is 3. The van der Waals surface area contributed by atoms with Gasteiger partial charge in [0.25, 0.3) is 5.91 Å². The third-order valence-corrected chi connectivity index (χ3v) is 6.87. The Morgan fingerprint density at radius 2 is 2.13 bits per heavy atom. The molecule has 2 aliphatic rings. The van der Waals surface area contributed by atoms with Gasteiger partial charge in [0.05, 0.1) is 18.7 Å². The van der Waals surface area contributed by atoms with Gasteiger partial charge < -0.3 is 14.4 Å². The summed E-state index contributed by atoms with van der Waals surface area (Å²) in [5.41, 5.74) is 0.700. The third-order valence-electron chi connectivity index (χ3n) is 6.10. The van der Waals surface area contributed by atoms with Crippen molar-refractivity contribution < 1.29 is 14.3 Å². The molecule has 2 aromatic rings. The Morgan fingerprint density at radius 1 is 1.20 bits per heavy atom. The summed E-state index contributed by atoms with van der Waals surface area (Å²) in [5.74, 6) is 0.846. The first kappa shape index (κ1) is 21.3. The van der Waals surface area contributed by atoms with Crippen LogP contribution in [0.4, 0.5) is 0 Å². The van der Waals surface area contributed by atoms with Crippen molar-refractivity contribution in [2.45, 2.75) is 50.8 Å². The van der Waals surface area contributed by atoms with E-state index in [0.717, 1.165) is 69.0 Å². The summed E-state index contributed by atoms with van der Waals surface area (Å²) in [4.78, 5) is 22.2. The Balaban J connectivity index is 1.54. The van der Waals surface area contributed by atoms with Crippen molar-refractivity contribution in [1.29, 1.82) is 0 Å². The number of hydrogen-bond donors (Lipinski definition) is 0. The number of rotatable bonds is 3. The van der Waals surface area contributed by atoms with Crippen LogP contribution in [0.2, 0.25) is 0 Å². The van der Waals surface area contributed by atoms with Gasteiger partial charge in [-0.1, -0.05) is 12.5 Å². The average Bonchev–Trinajstić information content (AvgIpc) is 3.28. The van der Waals surface area contributed by atoms with Gasteiger partial charge in [-0.2, -0.15) is 0 Å². The molecule has 2 aliphatic heterocycles. The molecule has 1 amide bonds. The van der Waals surface area contributed by atoms with Crippen LogP contribution in [0.1, 0.15) is 47.5 Å². The van der Waals surface area contributed by atoms with Crippen LogP contribution < -0.4 is 4.74 Å². The first-order valence-corrected chi connectivity index (χ1v) is 11.8. The van der Waals surface area contributed by atoms with Gasteiger partial charge in [-0.05, 0) is 50.4 Å².